The first kappa shape index (κ1) is 59.2. The number of aliphatic hydroxyl groups is 3. The summed E-state index contributed by atoms with van der Waals surface area (Å²) in [5.41, 5.74) is 10.1. The molecule has 37 nitrogen and oxygen atoms in total. The van der Waals surface area contributed by atoms with E-state index in [1.807, 2.05) is 4.98 Å². The number of aromatic nitrogens is 10. The second kappa shape index (κ2) is 23.5. The normalized spacial score (nSPS) is 29.2. The summed E-state index contributed by atoms with van der Waals surface area (Å²) in [6, 6.07) is 9.75. The third-order valence-electron chi connectivity index (χ3n) is 12.6. The monoisotopic (exact) mass is 1210 g/mol. The van der Waals surface area contributed by atoms with Gasteiger partial charge in [0.1, 0.15) is 54.6 Å². The molecule has 13 N–H and O–H groups in total. The number of rotatable bonds is 23. The Kier molecular flexibility index (Phi) is 17.4. The van der Waals surface area contributed by atoms with Crippen LogP contribution in [0.1, 0.15) is 24.2 Å². The van der Waals surface area contributed by atoms with Gasteiger partial charge >= 0.3 is 42.6 Å². The lowest BCUT2D eigenvalue weighted by Crippen LogP contribution is -2.45. The maximum absolute atomic E-state index is 13.6. The number of H-pyrrole nitrogens is 2. The topological polar surface area (TPSA) is 516 Å². The van der Waals surface area contributed by atoms with Crippen LogP contribution < -0.4 is 32.8 Å². The molecule has 0 amide bonds. The van der Waals surface area contributed by atoms with Crippen LogP contribution in [0.2, 0.25) is 0 Å². The minimum atomic E-state index is -6.22. The second-order valence-corrected chi connectivity index (χ2v) is 23.9. The van der Waals surface area contributed by atoms with Crippen LogP contribution in [0, 0.1) is 5.92 Å². The van der Waals surface area contributed by atoms with Crippen molar-refractivity contribution in [1.82, 2.24) is 43.6 Å². The van der Waals surface area contributed by atoms with Gasteiger partial charge in [-0.05, 0) is 5.56 Å². The van der Waals surface area contributed by atoms with E-state index in [2.05, 4.69) is 33.5 Å². The number of nitrogens with two attached hydrogens (primary N) is 2. The van der Waals surface area contributed by atoms with Crippen molar-refractivity contribution in [1.29, 1.82) is 0 Å². The Morgan fingerprint density at radius 1 is 0.738 bits per heavy atom. The van der Waals surface area contributed by atoms with Crippen molar-refractivity contribution in [2.75, 3.05) is 45.0 Å². The van der Waals surface area contributed by atoms with Crippen LogP contribution in [0.4, 0.5) is 11.8 Å². The van der Waals surface area contributed by atoms with Crippen LogP contribution >= 0.6 is 31.3 Å². The lowest BCUT2D eigenvalue weighted by Gasteiger charge is -2.26. The number of phosphoric ester groups is 3. The molecule has 16 atom stereocenters. The van der Waals surface area contributed by atoms with Crippen LogP contribution in [0.25, 0.3) is 22.3 Å². The molecule has 3 fully saturated rings. The number of benzene rings is 1. The highest BCUT2D eigenvalue weighted by molar-refractivity contribution is 7.66. The lowest BCUT2D eigenvalue weighted by molar-refractivity contribution is -0.745. The number of nitrogens with one attached hydrogen (secondary N) is 2. The molecule has 8 heterocycles. The number of methoxy groups -OCH3 is 1. The Morgan fingerprint density at radius 2 is 1.40 bits per heavy atom. The van der Waals surface area contributed by atoms with E-state index in [-0.39, 0.29) is 47.3 Å². The highest BCUT2D eigenvalue weighted by Gasteiger charge is 2.54. The molecule has 3 saturated heterocycles. The van der Waals surface area contributed by atoms with Crippen molar-refractivity contribution in [2.24, 2.45) is 13.0 Å². The van der Waals surface area contributed by atoms with Gasteiger partial charge in [-0.1, -0.05) is 35.3 Å². The van der Waals surface area contributed by atoms with Crippen molar-refractivity contribution in [3.8, 4) is 0 Å². The van der Waals surface area contributed by atoms with Gasteiger partial charge in [0.25, 0.3) is 17.1 Å². The predicted molar refractivity (Wildman–Crippen MR) is 261 cm³/mol. The molecular formula is C39H51N12O25P4+. The Labute approximate surface area is 446 Å². The third kappa shape index (κ3) is 12.9. The first-order valence-corrected chi connectivity index (χ1v) is 29.2. The molecule has 3 aliphatic rings. The maximum Gasteiger partial charge on any atom is 0.490 e. The fraction of sp³-hybridized carbons (Fsp3) is 0.487. The number of ether oxygens (including phenoxy) is 5. The Balaban J connectivity index is 0.874. The fourth-order valence-electron chi connectivity index (χ4n) is 8.97. The van der Waals surface area contributed by atoms with Crippen LogP contribution in [0.5, 0.6) is 0 Å². The van der Waals surface area contributed by atoms with E-state index >= 15 is 0 Å². The second-order valence-electron chi connectivity index (χ2n) is 17.9. The molecule has 436 valence electrons. The molecule has 0 aliphatic carbocycles. The van der Waals surface area contributed by atoms with Crippen molar-refractivity contribution in [3.63, 3.8) is 0 Å². The quantitative estimate of drug-likeness (QED) is 0.0235. The molecule has 0 bridgehead atoms. The summed E-state index contributed by atoms with van der Waals surface area (Å²) in [6.45, 7) is -3.51. The number of nitrogens with zero attached hydrogens (tertiary/aromatic N) is 8. The molecule has 5 aromatic heterocycles. The van der Waals surface area contributed by atoms with E-state index in [9.17, 15) is 67.5 Å². The third-order valence-corrected chi connectivity index (χ3v) is 17.8. The SMILES string of the molecule is CO[C@@H]1[C@H](OP(=O)(O)OC[C@H]2O[C@@H](n3ccc(=O)[nH]c3=O)[C@H](O)[C@@H]2O)[C@@H](COP(=O)(O)OP(=O)(O)OP(=O)(O)OC[C@H]2OC([n+]3cn(C)c4c(=O)[nH]c(N)nc43)[C@H](O)[C@@H]2COCc2ccccc2)O[C@H]1n1cnc2c(N)ncnc21. The van der Waals surface area contributed by atoms with Gasteiger partial charge in [-0.15, -0.1) is 0 Å². The van der Waals surface area contributed by atoms with Crippen LogP contribution in [0.15, 0.2) is 76.0 Å². The highest BCUT2D eigenvalue weighted by atomic mass is 31.3. The standard InChI is InChI=1S/C39H50N12O25P4/c1-48-17-51(33-25(48)34(56)47-38(41)46-33)35-26(53)19(11-67-10-18-6-4-3-5-7-18)20(71-35)12-69-78(60,61)75-80(64,65)76-79(62,63)70-14-22-29(30(66-2)37(73-22)50-16-44-24-31(40)42-15-43-32(24)50)74-77(58,59)68-13-21-27(54)28(55)36(72-21)49-9-8-23(52)45-39(49)57/h3-9,15-17,19-22,26-30,35-37,53-55H,10-14H2,1-2H3,(H9-,40,41,42,43,45,46,47,52,56,57,58,59,60,61,62,63,64,65)/p+1/t19-,20-,21-,22-,26-,27-,28-,29-,30-,35?,36-,37-/m1/s1. The van der Waals surface area contributed by atoms with Gasteiger partial charge in [0.05, 0.1) is 52.5 Å². The van der Waals surface area contributed by atoms with Gasteiger partial charge in [0, 0.05) is 25.3 Å². The summed E-state index contributed by atoms with van der Waals surface area (Å²) in [6.07, 6.45) is -13.5. The van der Waals surface area contributed by atoms with Crippen LogP contribution in [-0.2, 0) is 82.3 Å². The van der Waals surface area contributed by atoms with Crippen molar-refractivity contribution in [3.05, 3.63) is 98.3 Å². The number of hydrogen-bond acceptors (Lipinski definition) is 27. The first-order valence-electron chi connectivity index (χ1n) is 23.3. The number of nitrogen functional groups attached to an aromatic ring is 2. The number of aliphatic hydroxyl groups excluding tert-OH is 3. The summed E-state index contributed by atoms with van der Waals surface area (Å²) in [7, 11) is -20.9. The fourth-order valence-corrected chi connectivity index (χ4v) is 13.4. The molecule has 6 aromatic rings. The largest absolute Gasteiger partial charge is 0.490 e. The molecule has 1 aromatic carbocycles. The number of fused-ring (bicyclic) bond motifs is 2. The van der Waals surface area contributed by atoms with E-state index < -0.39 is 141 Å². The van der Waals surface area contributed by atoms with E-state index in [4.69, 9.17) is 53.2 Å². The van der Waals surface area contributed by atoms with Crippen molar-refractivity contribution in [2.45, 2.75) is 74.1 Å². The summed E-state index contributed by atoms with van der Waals surface area (Å²) in [5, 5.41) is 32.9. The van der Waals surface area contributed by atoms with Gasteiger partial charge in [0.15, 0.2) is 30.2 Å². The lowest BCUT2D eigenvalue weighted by atomic mass is 9.99. The average Bonchev–Trinajstić information content (AvgIpc) is 4.21. The number of aromatic amines is 2. The number of phosphoric acid groups is 4. The van der Waals surface area contributed by atoms with E-state index in [0.717, 1.165) is 42.2 Å². The number of aryl methyl sites for hydroxylation is 1. The summed E-state index contributed by atoms with van der Waals surface area (Å²) in [5.74, 6) is -1.46. The van der Waals surface area contributed by atoms with Gasteiger partial charge in [-0.3, -0.25) is 51.4 Å². The van der Waals surface area contributed by atoms with Crippen molar-refractivity contribution >= 4 is 65.4 Å². The minimum absolute atomic E-state index is 0.00683. The van der Waals surface area contributed by atoms with E-state index in [0.29, 0.717) is 0 Å². The van der Waals surface area contributed by atoms with Gasteiger partial charge in [-0.25, -0.2) is 42.6 Å². The Hall–Kier alpha value is -5.40. The molecule has 9 rings (SSSR count). The zero-order valence-corrected chi connectivity index (χ0v) is 44.8. The summed E-state index contributed by atoms with van der Waals surface area (Å²) >= 11 is 0. The zero-order valence-electron chi connectivity index (χ0n) is 41.2. The smallest absolute Gasteiger partial charge is 0.387 e. The number of imidazole rings is 2. The van der Waals surface area contributed by atoms with Crippen LogP contribution in [-0.4, -0.2) is 161 Å². The van der Waals surface area contributed by atoms with E-state index in [1.54, 1.807) is 30.3 Å². The molecule has 0 radical (unpaired) electrons. The Bertz CT molecular complexity index is 3610. The molecule has 80 heavy (non-hydrogen) atoms. The molecule has 5 unspecified atom stereocenters. The maximum atomic E-state index is 13.6. The van der Waals surface area contributed by atoms with E-state index in [1.165, 1.54) is 27.1 Å². The average molecular weight is 1210 g/mol. The molecule has 3 aliphatic heterocycles. The predicted octanol–water partition coefficient (Wildman–Crippen LogP) is -2.40. The Morgan fingerprint density at radius 3 is 2.09 bits per heavy atom. The summed E-state index contributed by atoms with van der Waals surface area (Å²) < 4.78 is 116. The first-order chi connectivity index (χ1) is 37.7. The zero-order chi connectivity index (χ0) is 57.6. The minimum Gasteiger partial charge on any atom is -0.387 e. The number of hydrogen-bond donors (Lipinski definition) is 11. The molecule has 0 saturated carbocycles. The number of anilines is 2. The van der Waals surface area contributed by atoms with Crippen molar-refractivity contribution < 1.29 is 108 Å². The van der Waals surface area contributed by atoms with Gasteiger partial charge in [0.2, 0.25) is 11.7 Å². The molecule has 0 spiro atoms. The van der Waals surface area contributed by atoms with Gasteiger partial charge in [-0.2, -0.15) is 8.62 Å². The van der Waals surface area contributed by atoms with Gasteiger partial charge < -0.3 is 70.0 Å². The molecule has 41 heteroatoms. The summed E-state index contributed by atoms with van der Waals surface area (Å²) in [4.78, 5) is 100. The molecular weight excluding hydrogens is 1160 g/mol. The highest BCUT2D eigenvalue weighted by Crippen LogP contribution is 2.68. The van der Waals surface area contributed by atoms with Crippen LogP contribution in [0.3, 0.4) is 0 Å².